The molecule has 0 aliphatic carbocycles. The van der Waals surface area contributed by atoms with Crippen LogP contribution in [0.25, 0.3) is 0 Å². The Morgan fingerprint density at radius 1 is 1.43 bits per heavy atom. The Kier molecular flexibility index (Phi) is 3.67. The van der Waals surface area contributed by atoms with Crippen LogP contribution in [0.5, 0.6) is 0 Å². The minimum Gasteiger partial charge on any atom is -0.481 e. The van der Waals surface area contributed by atoms with Crippen LogP contribution in [-0.4, -0.2) is 23.5 Å². The van der Waals surface area contributed by atoms with Crippen molar-refractivity contribution in [3.05, 3.63) is 35.9 Å². The highest BCUT2D eigenvalue weighted by Crippen LogP contribution is 1.96. The lowest BCUT2D eigenvalue weighted by Gasteiger charge is -2.02. The van der Waals surface area contributed by atoms with Gasteiger partial charge in [-0.05, 0) is 24.3 Å². The number of carboxylic acid groups (broad SMARTS) is 1. The first kappa shape index (κ1) is 10.2. The van der Waals surface area contributed by atoms with E-state index in [1.807, 2.05) is 0 Å². The van der Waals surface area contributed by atoms with Crippen molar-refractivity contribution < 1.29 is 14.7 Å². The number of benzene rings is 1. The van der Waals surface area contributed by atoms with Gasteiger partial charge in [-0.2, -0.15) is 0 Å². The van der Waals surface area contributed by atoms with Gasteiger partial charge in [0.1, 0.15) is 0 Å². The molecule has 1 aromatic rings. The standard InChI is InChI=1S/C10H9NO3/c12-9(13)6-7-11-10(14)8-4-2-1-3-5-8/h2,4-5H,6-7H2,(H,11,14)(H,12,13). The molecule has 1 rings (SSSR count). The van der Waals surface area contributed by atoms with E-state index in [2.05, 4.69) is 17.4 Å². The maximum Gasteiger partial charge on any atom is 0.305 e. The number of hydrogen-bond donors (Lipinski definition) is 2. The summed E-state index contributed by atoms with van der Waals surface area (Å²) >= 11 is 0. The highest BCUT2D eigenvalue weighted by molar-refractivity contribution is 5.94. The topological polar surface area (TPSA) is 66.4 Å². The van der Waals surface area contributed by atoms with E-state index in [-0.39, 0.29) is 18.9 Å². The molecule has 72 valence electrons. The first-order valence-corrected chi connectivity index (χ1v) is 4.08. The summed E-state index contributed by atoms with van der Waals surface area (Å²) in [4.78, 5) is 21.4. The van der Waals surface area contributed by atoms with Gasteiger partial charge in [-0.25, -0.2) is 0 Å². The Balaban J connectivity index is 2.40. The Morgan fingerprint density at radius 3 is 2.79 bits per heavy atom. The van der Waals surface area contributed by atoms with E-state index in [0.717, 1.165) is 0 Å². The molecule has 0 atom stereocenters. The first-order chi connectivity index (χ1) is 6.70. The van der Waals surface area contributed by atoms with Crippen LogP contribution in [0.3, 0.4) is 0 Å². The maximum atomic E-state index is 11.3. The lowest BCUT2D eigenvalue weighted by molar-refractivity contribution is -0.136. The molecule has 0 fully saturated rings. The fourth-order valence-corrected chi connectivity index (χ4v) is 0.873. The van der Waals surface area contributed by atoms with E-state index in [1.54, 1.807) is 12.1 Å². The first-order valence-electron chi connectivity index (χ1n) is 4.08. The Morgan fingerprint density at radius 2 is 2.21 bits per heavy atom. The zero-order valence-corrected chi connectivity index (χ0v) is 7.41. The van der Waals surface area contributed by atoms with Gasteiger partial charge in [0.2, 0.25) is 0 Å². The van der Waals surface area contributed by atoms with Crippen LogP contribution in [0.15, 0.2) is 18.2 Å². The fourth-order valence-electron chi connectivity index (χ4n) is 0.873. The minimum atomic E-state index is -0.932. The molecule has 4 nitrogen and oxygen atoms in total. The third kappa shape index (κ3) is 3.26. The summed E-state index contributed by atoms with van der Waals surface area (Å²) in [5, 5.41) is 10.8. The maximum absolute atomic E-state index is 11.3. The van der Waals surface area contributed by atoms with Crippen molar-refractivity contribution in [1.82, 2.24) is 5.32 Å². The quantitative estimate of drug-likeness (QED) is 0.727. The van der Waals surface area contributed by atoms with Gasteiger partial charge >= 0.3 is 5.97 Å². The van der Waals surface area contributed by atoms with Crippen molar-refractivity contribution in [1.29, 1.82) is 0 Å². The zero-order valence-electron chi connectivity index (χ0n) is 7.41. The molecule has 0 heterocycles. The molecule has 0 bridgehead atoms. The second-order valence-corrected chi connectivity index (χ2v) is 2.62. The van der Waals surface area contributed by atoms with Gasteiger partial charge in [0, 0.05) is 12.1 Å². The van der Waals surface area contributed by atoms with Crippen molar-refractivity contribution in [3.8, 4) is 0 Å². The largest absolute Gasteiger partial charge is 0.481 e. The van der Waals surface area contributed by atoms with Crippen molar-refractivity contribution in [2.75, 3.05) is 6.54 Å². The fraction of sp³-hybridized carbons (Fsp3) is 0.200. The molecule has 0 saturated carbocycles. The van der Waals surface area contributed by atoms with Crippen LogP contribution in [-0.2, 0) is 4.79 Å². The van der Waals surface area contributed by atoms with E-state index in [4.69, 9.17) is 5.11 Å². The molecule has 4 heteroatoms. The van der Waals surface area contributed by atoms with Gasteiger partial charge in [-0.1, -0.05) is 6.07 Å². The van der Waals surface area contributed by atoms with Crippen molar-refractivity contribution >= 4 is 11.9 Å². The van der Waals surface area contributed by atoms with Crippen molar-refractivity contribution in [2.45, 2.75) is 6.42 Å². The number of nitrogens with one attached hydrogen (secondary N) is 1. The van der Waals surface area contributed by atoms with E-state index in [1.165, 1.54) is 6.07 Å². The number of rotatable bonds is 4. The molecule has 14 heavy (non-hydrogen) atoms. The van der Waals surface area contributed by atoms with E-state index in [9.17, 15) is 9.59 Å². The molecule has 1 aromatic carbocycles. The van der Waals surface area contributed by atoms with Crippen LogP contribution >= 0.6 is 0 Å². The molecule has 0 aliphatic rings. The summed E-state index contributed by atoms with van der Waals surface area (Å²) in [5.41, 5.74) is 0.453. The van der Waals surface area contributed by atoms with Crippen LogP contribution in [0.1, 0.15) is 16.8 Å². The van der Waals surface area contributed by atoms with E-state index >= 15 is 0 Å². The summed E-state index contributed by atoms with van der Waals surface area (Å²) in [6.07, 6.45) is -0.0750. The van der Waals surface area contributed by atoms with E-state index in [0.29, 0.717) is 5.56 Å². The summed E-state index contributed by atoms with van der Waals surface area (Å²) < 4.78 is 0. The van der Waals surface area contributed by atoms with Gasteiger partial charge in [-0.15, -0.1) is 0 Å². The predicted molar refractivity (Wildman–Crippen MR) is 48.7 cm³/mol. The van der Waals surface area contributed by atoms with Gasteiger partial charge < -0.3 is 10.4 Å². The lowest BCUT2D eigenvalue weighted by atomic mass is 10.2. The number of aliphatic carboxylic acids is 1. The lowest BCUT2D eigenvalue weighted by Crippen LogP contribution is -2.25. The van der Waals surface area contributed by atoms with Crippen LogP contribution in [0.4, 0.5) is 0 Å². The highest BCUT2D eigenvalue weighted by atomic mass is 16.4. The number of hydrogen-bond acceptors (Lipinski definition) is 2. The number of carbonyl (C=O) groups excluding carboxylic acids is 1. The minimum absolute atomic E-state index is 0.0750. The third-order valence-corrected chi connectivity index (χ3v) is 1.54. The molecule has 0 spiro atoms. The Bertz CT molecular complexity index is 321. The summed E-state index contributed by atoms with van der Waals surface area (Å²) in [7, 11) is 0. The Hall–Kier alpha value is -1.84. The second kappa shape index (κ2) is 5.01. The van der Waals surface area contributed by atoms with E-state index < -0.39 is 5.97 Å². The number of amides is 1. The number of carbonyl (C=O) groups is 2. The summed E-state index contributed by atoms with van der Waals surface area (Å²) in [6, 6.07) is 9.96. The van der Waals surface area contributed by atoms with Crippen LogP contribution in [0.2, 0.25) is 0 Å². The molecule has 0 saturated heterocycles. The normalized spacial score (nSPS) is 9.43. The van der Waals surface area contributed by atoms with Crippen LogP contribution in [0, 0.1) is 12.1 Å². The van der Waals surface area contributed by atoms with Crippen LogP contribution < -0.4 is 5.32 Å². The molecule has 0 aliphatic heterocycles. The summed E-state index contributed by atoms with van der Waals surface area (Å²) in [5.74, 6) is -1.23. The smallest absolute Gasteiger partial charge is 0.305 e. The van der Waals surface area contributed by atoms with Crippen molar-refractivity contribution in [2.24, 2.45) is 0 Å². The molecular weight excluding hydrogens is 182 g/mol. The van der Waals surface area contributed by atoms with Gasteiger partial charge in [0.15, 0.2) is 0 Å². The Labute approximate surface area is 81.6 Å². The number of carboxylic acids is 1. The third-order valence-electron chi connectivity index (χ3n) is 1.54. The molecular formula is C10H9NO3. The average Bonchev–Trinajstić information content (AvgIpc) is 2.18. The molecule has 0 unspecified atom stereocenters. The van der Waals surface area contributed by atoms with Gasteiger partial charge in [0.05, 0.1) is 6.42 Å². The van der Waals surface area contributed by atoms with Gasteiger partial charge in [0.25, 0.3) is 5.91 Å². The van der Waals surface area contributed by atoms with Crippen molar-refractivity contribution in [3.63, 3.8) is 0 Å². The molecule has 2 radical (unpaired) electrons. The zero-order chi connectivity index (χ0) is 10.4. The molecule has 1 amide bonds. The molecule has 2 N–H and O–H groups in total. The summed E-state index contributed by atoms with van der Waals surface area (Å²) in [6.45, 7) is 0.132. The highest BCUT2D eigenvalue weighted by Gasteiger charge is 2.04. The molecule has 0 aromatic heterocycles. The van der Waals surface area contributed by atoms with Gasteiger partial charge in [-0.3, -0.25) is 9.59 Å². The monoisotopic (exact) mass is 191 g/mol. The second-order valence-electron chi connectivity index (χ2n) is 2.62. The SMILES string of the molecule is O=C(O)CCNC(=O)c1c[c][c]cc1. The predicted octanol–water partition coefficient (Wildman–Crippen LogP) is 0.491. The average molecular weight is 191 g/mol.